The van der Waals surface area contributed by atoms with Crippen LogP contribution in [0, 0.1) is 5.92 Å². The van der Waals surface area contributed by atoms with Gasteiger partial charge in [-0.2, -0.15) is 0 Å². The van der Waals surface area contributed by atoms with E-state index in [9.17, 15) is 0 Å². The first-order valence-corrected chi connectivity index (χ1v) is 8.06. The Morgan fingerprint density at radius 1 is 1.25 bits per heavy atom. The second kappa shape index (κ2) is 5.62. The minimum absolute atomic E-state index is 0.618. The molecule has 2 aliphatic rings. The Kier molecular flexibility index (Phi) is 4.41. The van der Waals surface area contributed by atoms with Gasteiger partial charge in [-0.1, -0.05) is 13.3 Å². The highest BCUT2D eigenvalue weighted by atomic mass is 28.3. The largest absolute Gasteiger partial charge is 0.400 e. The minimum Gasteiger partial charge on any atom is -0.400 e. The third-order valence-electron chi connectivity index (χ3n) is 4.07. The second-order valence-corrected chi connectivity index (χ2v) is 8.10. The van der Waals surface area contributed by atoms with Crippen LogP contribution in [0.4, 0.5) is 0 Å². The third-order valence-corrected chi connectivity index (χ3v) is 6.26. The molecule has 0 aromatic carbocycles. The number of hydrogen-bond acceptors (Lipinski definition) is 3. The molecule has 1 saturated heterocycles. The molecule has 1 aliphatic heterocycles. The highest BCUT2D eigenvalue weighted by Crippen LogP contribution is 2.41. The standard InChI is InChI=1S/C12H24O3Si/c1-9(16(13-2)14-3)4-5-10-6-7-11-12(8-10)15-11/h9-12,16H,4-8H2,1-3H3. The molecule has 0 amide bonds. The van der Waals surface area contributed by atoms with Gasteiger partial charge < -0.3 is 13.6 Å². The number of epoxide rings is 1. The fraction of sp³-hybridized carbons (Fsp3) is 1.00. The molecular weight excluding hydrogens is 220 g/mol. The number of fused-ring (bicyclic) bond motifs is 1. The zero-order valence-corrected chi connectivity index (χ0v) is 11.8. The van der Waals surface area contributed by atoms with E-state index in [2.05, 4.69) is 6.92 Å². The molecular formula is C12H24O3Si. The molecule has 0 radical (unpaired) electrons. The number of hydrogen-bond donors (Lipinski definition) is 0. The van der Waals surface area contributed by atoms with E-state index in [-0.39, 0.29) is 0 Å². The monoisotopic (exact) mass is 244 g/mol. The third kappa shape index (κ3) is 3.06. The van der Waals surface area contributed by atoms with Crippen LogP contribution in [0.25, 0.3) is 0 Å². The van der Waals surface area contributed by atoms with Gasteiger partial charge in [0.05, 0.1) is 12.2 Å². The lowest BCUT2D eigenvalue weighted by Gasteiger charge is -2.23. The van der Waals surface area contributed by atoms with E-state index in [1.807, 2.05) is 0 Å². The molecule has 0 N–H and O–H groups in total. The lowest BCUT2D eigenvalue weighted by atomic mass is 9.86. The van der Waals surface area contributed by atoms with Crippen LogP contribution in [0.5, 0.6) is 0 Å². The Balaban J connectivity index is 1.65. The minimum atomic E-state index is -1.39. The van der Waals surface area contributed by atoms with Gasteiger partial charge in [-0.25, -0.2) is 0 Å². The first-order chi connectivity index (χ1) is 7.74. The first-order valence-electron chi connectivity index (χ1n) is 6.45. The Hall–Kier alpha value is 0.0969. The summed E-state index contributed by atoms with van der Waals surface area (Å²) in [6, 6.07) is 0. The molecule has 0 aromatic heterocycles. The molecule has 2 fully saturated rings. The molecule has 4 unspecified atom stereocenters. The fourth-order valence-corrected chi connectivity index (χ4v) is 4.53. The summed E-state index contributed by atoms with van der Waals surface area (Å²) in [5.74, 6) is 0.884. The van der Waals surface area contributed by atoms with Gasteiger partial charge in [0.25, 0.3) is 0 Å². The van der Waals surface area contributed by atoms with E-state index in [0.29, 0.717) is 17.7 Å². The van der Waals surface area contributed by atoms with Crippen molar-refractivity contribution in [2.24, 2.45) is 5.92 Å². The molecule has 0 aromatic rings. The van der Waals surface area contributed by atoms with Crippen molar-refractivity contribution in [2.75, 3.05) is 14.2 Å². The summed E-state index contributed by atoms with van der Waals surface area (Å²) in [7, 11) is 2.16. The average molecular weight is 244 g/mol. The normalized spacial score (nSPS) is 34.9. The molecule has 2 rings (SSSR count). The molecule has 1 aliphatic carbocycles. The van der Waals surface area contributed by atoms with E-state index in [0.717, 1.165) is 5.92 Å². The van der Waals surface area contributed by atoms with Gasteiger partial charge in [-0.15, -0.1) is 0 Å². The molecule has 4 heteroatoms. The molecule has 94 valence electrons. The van der Waals surface area contributed by atoms with Crippen LogP contribution in [0.1, 0.15) is 39.0 Å². The van der Waals surface area contributed by atoms with Crippen LogP contribution in [0.2, 0.25) is 5.54 Å². The number of ether oxygens (including phenoxy) is 1. The zero-order valence-electron chi connectivity index (χ0n) is 10.6. The van der Waals surface area contributed by atoms with Crippen LogP contribution < -0.4 is 0 Å². The Morgan fingerprint density at radius 3 is 2.62 bits per heavy atom. The lowest BCUT2D eigenvalue weighted by Crippen LogP contribution is -2.25. The van der Waals surface area contributed by atoms with Crippen LogP contribution in [0.15, 0.2) is 0 Å². The summed E-state index contributed by atoms with van der Waals surface area (Å²) in [6.45, 7) is 2.27. The molecule has 4 atom stereocenters. The maximum atomic E-state index is 5.56. The number of rotatable bonds is 6. The van der Waals surface area contributed by atoms with Gasteiger partial charge in [0.2, 0.25) is 0 Å². The average Bonchev–Trinajstić information content (AvgIpc) is 3.06. The van der Waals surface area contributed by atoms with E-state index in [4.69, 9.17) is 13.6 Å². The second-order valence-electron chi connectivity index (χ2n) is 5.29. The Bertz CT molecular complexity index is 218. The summed E-state index contributed by atoms with van der Waals surface area (Å²) in [5, 5.41) is 0. The SMILES string of the molecule is CO[SiH](OC)C(C)CCC1CCC2OC2C1. The molecule has 0 spiro atoms. The summed E-state index contributed by atoms with van der Waals surface area (Å²) in [4.78, 5) is 0. The van der Waals surface area contributed by atoms with Crippen LogP contribution in [0.3, 0.4) is 0 Å². The van der Waals surface area contributed by atoms with E-state index < -0.39 is 9.28 Å². The van der Waals surface area contributed by atoms with E-state index >= 15 is 0 Å². The van der Waals surface area contributed by atoms with Crippen molar-refractivity contribution in [3.8, 4) is 0 Å². The summed E-state index contributed by atoms with van der Waals surface area (Å²) >= 11 is 0. The lowest BCUT2D eigenvalue weighted by molar-refractivity contribution is 0.259. The van der Waals surface area contributed by atoms with Crippen molar-refractivity contribution in [2.45, 2.75) is 56.8 Å². The van der Waals surface area contributed by atoms with Crippen LogP contribution in [-0.2, 0) is 13.6 Å². The van der Waals surface area contributed by atoms with Gasteiger partial charge >= 0.3 is 9.28 Å². The molecule has 3 nitrogen and oxygen atoms in total. The van der Waals surface area contributed by atoms with Crippen molar-refractivity contribution in [1.82, 2.24) is 0 Å². The Morgan fingerprint density at radius 2 is 2.00 bits per heavy atom. The first kappa shape index (κ1) is 12.6. The summed E-state index contributed by atoms with van der Waals surface area (Å²) in [5.41, 5.74) is 0.618. The highest BCUT2D eigenvalue weighted by molar-refractivity contribution is 6.46. The van der Waals surface area contributed by atoms with E-state index in [1.165, 1.54) is 32.1 Å². The van der Waals surface area contributed by atoms with Crippen LogP contribution in [-0.4, -0.2) is 35.7 Å². The van der Waals surface area contributed by atoms with Crippen molar-refractivity contribution >= 4 is 9.28 Å². The smallest absolute Gasteiger partial charge is 0.323 e. The molecule has 16 heavy (non-hydrogen) atoms. The predicted molar refractivity (Wildman–Crippen MR) is 65.8 cm³/mol. The van der Waals surface area contributed by atoms with Crippen LogP contribution >= 0.6 is 0 Å². The maximum absolute atomic E-state index is 5.56. The van der Waals surface area contributed by atoms with Crippen molar-refractivity contribution in [3.05, 3.63) is 0 Å². The van der Waals surface area contributed by atoms with Crippen molar-refractivity contribution in [1.29, 1.82) is 0 Å². The quantitative estimate of drug-likeness (QED) is 0.530. The van der Waals surface area contributed by atoms with Gasteiger partial charge in [-0.05, 0) is 37.1 Å². The van der Waals surface area contributed by atoms with Gasteiger partial charge in [-0.3, -0.25) is 0 Å². The fourth-order valence-electron chi connectivity index (χ4n) is 2.94. The van der Waals surface area contributed by atoms with Gasteiger partial charge in [0.1, 0.15) is 0 Å². The van der Waals surface area contributed by atoms with Crippen molar-refractivity contribution in [3.63, 3.8) is 0 Å². The molecule has 1 saturated carbocycles. The highest BCUT2D eigenvalue weighted by Gasteiger charge is 2.43. The molecule has 1 heterocycles. The van der Waals surface area contributed by atoms with Crippen molar-refractivity contribution < 1.29 is 13.6 Å². The van der Waals surface area contributed by atoms with Gasteiger partial charge in [0, 0.05) is 14.2 Å². The summed E-state index contributed by atoms with van der Waals surface area (Å²) < 4.78 is 16.4. The Labute approximate surface area is 100 Å². The predicted octanol–water partition coefficient (Wildman–Crippen LogP) is 2.24. The van der Waals surface area contributed by atoms with E-state index in [1.54, 1.807) is 14.2 Å². The zero-order chi connectivity index (χ0) is 11.5. The van der Waals surface area contributed by atoms with Gasteiger partial charge in [0.15, 0.2) is 0 Å². The maximum Gasteiger partial charge on any atom is 0.323 e. The summed E-state index contributed by atoms with van der Waals surface area (Å²) in [6.07, 6.45) is 7.77. The topological polar surface area (TPSA) is 31.0 Å². The molecule has 0 bridgehead atoms.